The first-order valence-electron chi connectivity index (χ1n) is 8.90. The zero-order chi connectivity index (χ0) is 15.3. The number of piperazine rings is 1. The summed E-state index contributed by atoms with van der Waals surface area (Å²) in [6.45, 7) is 16.8. The number of likely N-dealkylation sites (N-methyl/N-ethyl adjacent to an activating group) is 1. The van der Waals surface area contributed by atoms with Gasteiger partial charge in [0.2, 0.25) is 0 Å². The summed E-state index contributed by atoms with van der Waals surface area (Å²) in [6, 6.07) is 0.716. The van der Waals surface area contributed by atoms with Gasteiger partial charge >= 0.3 is 0 Å². The molecule has 0 aliphatic carbocycles. The Morgan fingerprint density at radius 1 is 1.00 bits per heavy atom. The first kappa shape index (κ1) is 17.2. The summed E-state index contributed by atoms with van der Waals surface area (Å²) >= 11 is 0. The van der Waals surface area contributed by atoms with E-state index in [1.807, 2.05) is 0 Å². The predicted molar refractivity (Wildman–Crippen MR) is 90.9 cm³/mol. The fraction of sp³-hybridized carbons (Fsp3) is 1.00. The normalized spacial score (nSPS) is 27.7. The summed E-state index contributed by atoms with van der Waals surface area (Å²) in [7, 11) is 2.23. The molecule has 4 heteroatoms. The largest absolute Gasteiger partial charge is 0.312 e. The highest BCUT2D eigenvalue weighted by Crippen LogP contribution is 2.17. The molecular weight excluding hydrogens is 260 g/mol. The van der Waals surface area contributed by atoms with Gasteiger partial charge in [-0.2, -0.15) is 0 Å². The van der Waals surface area contributed by atoms with Crippen molar-refractivity contribution >= 4 is 0 Å². The van der Waals surface area contributed by atoms with E-state index in [4.69, 9.17) is 0 Å². The van der Waals surface area contributed by atoms with E-state index < -0.39 is 0 Å². The van der Waals surface area contributed by atoms with Crippen LogP contribution in [-0.4, -0.2) is 85.7 Å². The predicted octanol–water partition coefficient (Wildman–Crippen LogP) is 1.48. The Morgan fingerprint density at radius 3 is 2.38 bits per heavy atom. The second-order valence-corrected chi connectivity index (χ2v) is 7.55. The fourth-order valence-corrected chi connectivity index (χ4v) is 3.59. The van der Waals surface area contributed by atoms with Gasteiger partial charge in [0, 0.05) is 44.3 Å². The van der Waals surface area contributed by atoms with Gasteiger partial charge in [-0.3, -0.25) is 4.90 Å². The van der Waals surface area contributed by atoms with E-state index in [1.54, 1.807) is 0 Å². The highest BCUT2D eigenvalue weighted by molar-refractivity contribution is 4.88. The minimum Gasteiger partial charge on any atom is -0.312 e. The molecule has 1 unspecified atom stereocenters. The second kappa shape index (κ2) is 7.91. The molecule has 2 fully saturated rings. The Kier molecular flexibility index (Phi) is 6.48. The minimum absolute atomic E-state index is 0.276. The van der Waals surface area contributed by atoms with Crippen molar-refractivity contribution in [3.8, 4) is 0 Å². The zero-order valence-corrected chi connectivity index (χ0v) is 14.7. The smallest absolute Gasteiger partial charge is 0.0278 e. The number of nitrogens with one attached hydrogen (secondary N) is 1. The number of hydrogen-bond acceptors (Lipinski definition) is 4. The van der Waals surface area contributed by atoms with Crippen LogP contribution in [0.2, 0.25) is 0 Å². The third-order valence-electron chi connectivity index (χ3n) is 5.45. The summed E-state index contributed by atoms with van der Waals surface area (Å²) in [5.74, 6) is 0. The molecule has 2 aliphatic rings. The summed E-state index contributed by atoms with van der Waals surface area (Å²) in [5, 5.41) is 3.87. The zero-order valence-electron chi connectivity index (χ0n) is 14.7. The number of likely N-dealkylation sites (tertiary alicyclic amines) is 1. The van der Waals surface area contributed by atoms with Gasteiger partial charge in [-0.05, 0) is 59.8 Å². The molecule has 0 aromatic heterocycles. The van der Waals surface area contributed by atoms with Crippen LogP contribution < -0.4 is 5.32 Å². The van der Waals surface area contributed by atoms with Crippen LogP contribution in [0, 0.1) is 0 Å². The summed E-state index contributed by atoms with van der Waals surface area (Å²) in [6.07, 6.45) is 4.00. The molecule has 2 rings (SSSR count). The van der Waals surface area contributed by atoms with E-state index in [0.717, 1.165) is 6.54 Å². The number of rotatable bonds is 5. The maximum atomic E-state index is 3.87. The van der Waals surface area contributed by atoms with Crippen LogP contribution in [0.4, 0.5) is 0 Å². The van der Waals surface area contributed by atoms with Crippen LogP contribution in [0.15, 0.2) is 0 Å². The van der Waals surface area contributed by atoms with Gasteiger partial charge < -0.3 is 15.1 Å². The number of nitrogens with zero attached hydrogens (tertiary/aromatic N) is 3. The highest BCUT2D eigenvalue weighted by atomic mass is 15.3. The van der Waals surface area contributed by atoms with Crippen LogP contribution >= 0.6 is 0 Å². The first-order chi connectivity index (χ1) is 10.0. The van der Waals surface area contributed by atoms with Crippen LogP contribution in [0.25, 0.3) is 0 Å². The van der Waals surface area contributed by atoms with Gasteiger partial charge in [0.1, 0.15) is 0 Å². The lowest BCUT2D eigenvalue weighted by molar-refractivity contribution is 0.0598. The standard InChI is InChI=1S/C17H36N4/c1-5-20-9-6-7-16(8-10-20)18-15-17(2,3)21-13-11-19(4)12-14-21/h16,18H,5-15H2,1-4H3. The molecule has 0 saturated carbocycles. The maximum absolute atomic E-state index is 3.87. The molecule has 0 bridgehead atoms. The summed E-state index contributed by atoms with van der Waals surface area (Å²) in [5.41, 5.74) is 0.276. The molecule has 0 aromatic carbocycles. The molecule has 2 aliphatic heterocycles. The van der Waals surface area contributed by atoms with E-state index >= 15 is 0 Å². The van der Waals surface area contributed by atoms with E-state index in [9.17, 15) is 0 Å². The van der Waals surface area contributed by atoms with Crippen LogP contribution in [0.1, 0.15) is 40.0 Å². The molecule has 0 spiro atoms. The summed E-state index contributed by atoms with van der Waals surface area (Å²) < 4.78 is 0. The fourth-order valence-electron chi connectivity index (χ4n) is 3.59. The van der Waals surface area contributed by atoms with Crippen molar-refractivity contribution in [3.63, 3.8) is 0 Å². The van der Waals surface area contributed by atoms with E-state index in [1.165, 1.54) is 65.1 Å². The average molecular weight is 297 g/mol. The molecular formula is C17H36N4. The average Bonchev–Trinajstić information content (AvgIpc) is 2.71. The quantitative estimate of drug-likeness (QED) is 0.829. The molecule has 4 nitrogen and oxygen atoms in total. The SMILES string of the molecule is CCN1CCCC(NCC(C)(C)N2CCN(C)CC2)CC1. The van der Waals surface area contributed by atoms with Gasteiger partial charge in [0.25, 0.3) is 0 Å². The van der Waals surface area contributed by atoms with Crippen LogP contribution in [-0.2, 0) is 0 Å². The Bertz CT molecular complexity index is 297. The Morgan fingerprint density at radius 2 is 1.71 bits per heavy atom. The third kappa shape index (κ3) is 5.20. The van der Waals surface area contributed by atoms with Crippen LogP contribution in [0.5, 0.6) is 0 Å². The van der Waals surface area contributed by atoms with Gasteiger partial charge in [0.05, 0.1) is 0 Å². The van der Waals surface area contributed by atoms with Gasteiger partial charge in [-0.25, -0.2) is 0 Å². The van der Waals surface area contributed by atoms with E-state index in [0.29, 0.717) is 6.04 Å². The summed E-state index contributed by atoms with van der Waals surface area (Å²) in [4.78, 5) is 7.69. The van der Waals surface area contributed by atoms with Crippen LogP contribution in [0.3, 0.4) is 0 Å². The second-order valence-electron chi connectivity index (χ2n) is 7.55. The molecule has 0 aromatic rings. The third-order valence-corrected chi connectivity index (χ3v) is 5.45. The van der Waals surface area contributed by atoms with Crippen molar-refractivity contribution in [2.45, 2.75) is 51.6 Å². The number of hydrogen-bond donors (Lipinski definition) is 1. The first-order valence-corrected chi connectivity index (χ1v) is 8.90. The maximum Gasteiger partial charge on any atom is 0.0278 e. The lowest BCUT2D eigenvalue weighted by atomic mass is 10.00. The van der Waals surface area contributed by atoms with Crippen molar-refractivity contribution in [1.29, 1.82) is 0 Å². The molecule has 2 saturated heterocycles. The monoisotopic (exact) mass is 296 g/mol. The van der Waals surface area contributed by atoms with Crippen molar-refractivity contribution in [2.24, 2.45) is 0 Å². The Hall–Kier alpha value is -0.160. The van der Waals surface area contributed by atoms with Crippen molar-refractivity contribution in [2.75, 3.05) is 59.4 Å². The molecule has 0 radical (unpaired) electrons. The molecule has 2 heterocycles. The van der Waals surface area contributed by atoms with Gasteiger partial charge in [-0.1, -0.05) is 6.92 Å². The lowest BCUT2D eigenvalue weighted by Gasteiger charge is -2.44. The van der Waals surface area contributed by atoms with Crippen molar-refractivity contribution in [3.05, 3.63) is 0 Å². The van der Waals surface area contributed by atoms with E-state index in [-0.39, 0.29) is 5.54 Å². The molecule has 21 heavy (non-hydrogen) atoms. The Balaban J connectivity index is 1.75. The molecule has 1 N–H and O–H groups in total. The lowest BCUT2D eigenvalue weighted by Crippen LogP contribution is -2.58. The van der Waals surface area contributed by atoms with Gasteiger partial charge in [-0.15, -0.1) is 0 Å². The minimum atomic E-state index is 0.276. The van der Waals surface area contributed by atoms with Crippen molar-refractivity contribution < 1.29 is 0 Å². The van der Waals surface area contributed by atoms with E-state index in [2.05, 4.69) is 47.8 Å². The topological polar surface area (TPSA) is 21.8 Å². The Labute approximate surface area is 131 Å². The molecule has 124 valence electrons. The highest BCUT2D eigenvalue weighted by Gasteiger charge is 2.29. The molecule has 1 atom stereocenters. The molecule has 0 amide bonds. The van der Waals surface area contributed by atoms with Gasteiger partial charge in [0.15, 0.2) is 0 Å². The van der Waals surface area contributed by atoms with Crippen molar-refractivity contribution in [1.82, 2.24) is 20.0 Å².